The molecule has 4 N–H and O–H groups in total. The van der Waals surface area contributed by atoms with E-state index in [1.807, 2.05) is 6.92 Å². The number of amides is 2. The van der Waals surface area contributed by atoms with Gasteiger partial charge in [-0.25, -0.2) is 8.78 Å². The topological polar surface area (TPSA) is 96.7 Å². The Kier molecular flexibility index (Phi) is 6.80. The summed E-state index contributed by atoms with van der Waals surface area (Å²) < 4.78 is 31.9. The van der Waals surface area contributed by atoms with Gasteiger partial charge in [-0.3, -0.25) is 9.59 Å². The molecule has 0 aliphatic carbocycles. The summed E-state index contributed by atoms with van der Waals surface area (Å²) in [5.74, 6) is -0.778. The molecule has 1 aliphatic rings. The minimum atomic E-state index is -2.80. The molecular weight excluding hydrogens is 334 g/mol. The van der Waals surface area contributed by atoms with Crippen molar-refractivity contribution in [2.75, 3.05) is 43.1 Å². The van der Waals surface area contributed by atoms with E-state index in [9.17, 15) is 18.4 Å². The molecule has 1 saturated heterocycles. The van der Waals surface area contributed by atoms with Crippen molar-refractivity contribution in [3.05, 3.63) is 23.8 Å². The summed E-state index contributed by atoms with van der Waals surface area (Å²) in [5.41, 5.74) is 5.52. The van der Waals surface area contributed by atoms with E-state index in [4.69, 9.17) is 10.5 Å². The standard InChI is InChI=1S/C16H22F2N4O3/c1-2-20-13(8-19)16(24)21-12-4-3-10(7-11(12)15(17)18)22-5-6-25-9-14(22)23/h3-4,7,13,15,20H,2,5-6,8-9,19H2,1H3,(H,21,24)/t13-/m0/s1. The highest BCUT2D eigenvalue weighted by molar-refractivity contribution is 5.97. The largest absolute Gasteiger partial charge is 0.370 e. The summed E-state index contributed by atoms with van der Waals surface area (Å²) in [6, 6.07) is 3.44. The van der Waals surface area contributed by atoms with Crippen LogP contribution in [0.4, 0.5) is 20.2 Å². The van der Waals surface area contributed by atoms with Crippen LogP contribution in [0.2, 0.25) is 0 Å². The number of anilines is 2. The predicted octanol–water partition coefficient (Wildman–Crippen LogP) is 0.863. The molecule has 1 aromatic carbocycles. The number of ether oxygens (including phenoxy) is 1. The molecule has 1 atom stereocenters. The van der Waals surface area contributed by atoms with Crippen LogP contribution in [-0.2, 0) is 14.3 Å². The number of halogens is 2. The first-order chi connectivity index (χ1) is 12.0. The van der Waals surface area contributed by atoms with Gasteiger partial charge < -0.3 is 26.0 Å². The minimum Gasteiger partial charge on any atom is -0.370 e. The van der Waals surface area contributed by atoms with Gasteiger partial charge in [0.25, 0.3) is 12.3 Å². The van der Waals surface area contributed by atoms with E-state index in [-0.39, 0.29) is 30.3 Å². The minimum absolute atomic E-state index is 0.000751. The van der Waals surface area contributed by atoms with Gasteiger partial charge >= 0.3 is 0 Å². The molecule has 1 fully saturated rings. The van der Waals surface area contributed by atoms with Gasteiger partial charge in [0.15, 0.2) is 0 Å². The number of benzene rings is 1. The van der Waals surface area contributed by atoms with Gasteiger partial charge in [0.1, 0.15) is 6.61 Å². The third-order valence-corrected chi connectivity index (χ3v) is 3.83. The van der Waals surface area contributed by atoms with Gasteiger partial charge in [0, 0.05) is 30.0 Å². The Labute approximate surface area is 144 Å². The van der Waals surface area contributed by atoms with Crippen LogP contribution in [0.3, 0.4) is 0 Å². The lowest BCUT2D eigenvalue weighted by Crippen LogP contribution is -2.45. The molecule has 0 unspecified atom stereocenters. The number of rotatable bonds is 7. The summed E-state index contributed by atoms with van der Waals surface area (Å²) in [4.78, 5) is 25.4. The third kappa shape index (κ3) is 4.71. The summed E-state index contributed by atoms with van der Waals surface area (Å²) in [6.45, 7) is 2.94. The molecule has 1 aromatic rings. The highest BCUT2D eigenvalue weighted by atomic mass is 19.3. The SMILES string of the molecule is CCN[C@@H](CN)C(=O)Nc1ccc(N2CCOCC2=O)cc1C(F)F. The number of hydrogen-bond donors (Lipinski definition) is 3. The number of likely N-dealkylation sites (N-methyl/N-ethyl adjacent to an activating group) is 1. The molecule has 2 rings (SSSR count). The van der Waals surface area contributed by atoms with Gasteiger partial charge in [-0.05, 0) is 24.7 Å². The lowest BCUT2D eigenvalue weighted by Gasteiger charge is -2.27. The van der Waals surface area contributed by atoms with E-state index in [2.05, 4.69) is 10.6 Å². The van der Waals surface area contributed by atoms with Gasteiger partial charge in [-0.15, -0.1) is 0 Å². The highest BCUT2D eigenvalue weighted by Gasteiger charge is 2.24. The van der Waals surface area contributed by atoms with Crippen LogP contribution in [0.5, 0.6) is 0 Å². The van der Waals surface area contributed by atoms with Gasteiger partial charge in [-0.2, -0.15) is 0 Å². The van der Waals surface area contributed by atoms with Gasteiger partial charge in [-0.1, -0.05) is 6.92 Å². The summed E-state index contributed by atoms with van der Waals surface area (Å²) in [6.07, 6.45) is -2.80. The number of nitrogens with two attached hydrogens (primary N) is 1. The molecule has 9 heteroatoms. The fraction of sp³-hybridized carbons (Fsp3) is 0.500. The Hall–Kier alpha value is -2.10. The molecule has 7 nitrogen and oxygen atoms in total. The lowest BCUT2D eigenvalue weighted by atomic mass is 10.1. The van der Waals surface area contributed by atoms with Crippen molar-refractivity contribution in [3.8, 4) is 0 Å². The average molecular weight is 356 g/mol. The molecule has 0 saturated carbocycles. The van der Waals surface area contributed by atoms with Gasteiger partial charge in [0.2, 0.25) is 5.91 Å². The van der Waals surface area contributed by atoms with Crippen LogP contribution in [-0.4, -0.2) is 50.7 Å². The number of morpholine rings is 1. The molecule has 0 aromatic heterocycles. The monoisotopic (exact) mass is 356 g/mol. The quantitative estimate of drug-likeness (QED) is 0.673. The molecule has 138 valence electrons. The van der Waals surface area contributed by atoms with Crippen LogP contribution in [0, 0.1) is 0 Å². The van der Waals surface area contributed by atoms with Crippen molar-refractivity contribution in [3.63, 3.8) is 0 Å². The Morgan fingerprint density at radius 3 is 2.80 bits per heavy atom. The number of carbonyl (C=O) groups excluding carboxylic acids is 2. The second-order valence-corrected chi connectivity index (χ2v) is 5.51. The van der Waals surface area contributed by atoms with Crippen molar-refractivity contribution in [2.24, 2.45) is 5.73 Å². The van der Waals surface area contributed by atoms with Crippen molar-refractivity contribution in [2.45, 2.75) is 19.4 Å². The van der Waals surface area contributed by atoms with Crippen molar-refractivity contribution >= 4 is 23.2 Å². The summed E-state index contributed by atoms with van der Waals surface area (Å²) >= 11 is 0. The van der Waals surface area contributed by atoms with Crippen molar-refractivity contribution < 1.29 is 23.1 Å². The zero-order valence-corrected chi connectivity index (χ0v) is 13.9. The van der Waals surface area contributed by atoms with Gasteiger partial charge in [0.05, 0.1) is 12.6 Å². The Bertz CT molecular complexity index is 627. The van der Waals surface area contributed by atoms with E-state index in [0.29, 0.717) is 25.4 Å². The lowest BCUT2D eigenvalue weighted by molar-refractivity contribution is -0.125. The molecule has 0 bridgehead atoms. The number of carbonyl (C=O) groups is 2. The van der Waals surface area contributed by atoms with E-state index in [1.165, 1.54) is 23.1 Å². The molecule has 0 spiro atoms. The van der Waals surface area contributed by atoms with E-state index in [1.54, 1.807) is 0 Å². The molecule has 25 heavy (non-hydrogen) atoms. The molecule has 1 heterocycles. The zero-order valence-electron chi connectivity index (χ0n) is 13.9. The maximum absolute atomic E-state index is 13.4. The van der Waals surface area contributed by atoms with Crippen molar-refractivity contribution in [1.29, 1.82) is 0 Å². The molecule has 2 amide bonds. The van der Waals surface area contributed by atoms with Crippen LogP contribution < -0.4 is 21.3 Å². The Balaban J connectivity index is 2.24. The number of nitrogens with one attached hydrogen (secondary N) is 2. The zero-order chi connectivity index (χ0) is 18.4. The smallest absolute Gasteiger partial charge is 0.265 e. The molecule has 1 aliphatic heterocycles. The maximum Gasteiger partial charge on any atom is 0.265 e. The predicted molar refractivity (Wildman–Crippen MR) is 89.7 cm³/mol. The first kappa shape index (κ1) is 19.2. The van der Waals surface area contributed by atoms with Crippen LogP contribution >= 0.6 is 0 Å². The van der Waals surface area contributed by atoms with Crippen LogP contribution in [0.25, 0.3) is 0 Å². The first-order valence-electron chi connectivity index (χ1n) is 8.02. The fourth-order valence-electron chi connectivity index (χ4n) is 2.55. The summed E-state index contributed by atoms with van der Waals surface area (Å²) in [7, 11) is 0. The van der Waals surface area contributed by atoms with Crippen LogP contribution in [0.15, 0.2) is 18.2 Å². The first-order valence-corrected chi connectivity index (χ1v) is 8.02. The Morgan fingerprint density at radius 1 is 1.44 bits per heavy atom. The number of alkyl halides is 2. The van der Waals surface area contributed by atoms with E-state index in [0.717, 1.165) is 0 Å². The van der Waals surface area contributed by atoms with Crippen LogP contribution in [0.1, 0.15) is 18.9 Å². The number of hydrogen-bond acceptors (Lipinski definition) is 5. The maximum atomic E-state index is 13.4. The second kappa shape index (κ2) is 8.84. The summed E-state index contributed by atoms with van der Waals surface area (Å²) in [5, 5.41) is 5.36. The molecule has 0 radical (unpaired) electrons. The normalized spacial score (nSPS) is 16.2. The highest BCUT2D eigenvalue weighted by Crippen LogP contribution is 2.31. The molecular formula is C16H22F2N4O3. The fourth-order valence-corrected chi connectivity index (χ4v) is 2.55. The van der Waals surface area contributed by atoms with E-state index >= 15 is 0 Å². The Morgan fingerprint density at radius 2 is 2.20 bits per heavy atom. The third-order valence-electron chi connectivity index (χ3n) is 3.83. The average Bonchev–Trinajstić information content (AvgIpc) is 2.60. The number of nitrogens with zero attached hydrogens (tertiary/aromatic N) is 1. The van der Waals surface area contributed by atoms with Crippen molar-refractivity contribution in [1.82, 2.24) is 5.32 Å². The second-order valence-electron chi connectivity index (χ2n) is 5.51. The van der Waals surface area contributed by atoms with E-state index < -0.39 is 18.4 Å².